The molecular weight excluding hydrogens is 386 g/mol. The minimum atomic E-state index is -3.59. The predicted molar refractivity (Wildman–Crippen MR) is 88.3 cm³/mol. The van der Waals surface area contributed by atoms with Crippen LogP contribution < -0.4 is 3.32 Å². The van der Waals surface area contributed by atoms with Crippen molar-refractivity contribution in [2.45, 2.75) is 4.22 Å². The second kappa shape index (κ2) is 6.16. The molecule has 0 saturated carbocycles. The predicted octanol–water partition coefficient (Wildman–Crippen LogP) is 6.82. The van der Waals surface area contributed by atoms with E-state index in [0.717, 1.165) is 10.8 Å². The zero-order valence-electron chi connectivity index (χ0n) is 10.7. The Kier molecular flexibility index (Phi) is 4.62. The van der Waals surface area contributed by atoms with Gasteiger partial charge in [-0.1, -0.05) is 0 Å². The topological polar surface area (TPSA) is 9.23 Å². The zero-order valence-corrected chi connectivity index (χ0v) is 15.3. The molecule has 0 saturated heterocycles. The Bertz CT molecular complexity index is 743. The summed E-state index contributed by atoms with van der Waals surface area (Å²) in [4.78, 5) is 0. The summed E-state index contributed by atoms with van der Waals surface area (Å²) in [5.41, 5.74) is 0. The van der Waals surface area contributed by atoms with Gasteiger partial charge in [0.2, 0.25) is 0 Å². The van der Waals surface area contributed by atoms with Crippen molar-refractivity contribution in [3.63, 3.8) is 0 Å². The fourth-order valence-electron chi connectivity index (χ4n) is 2.24. The first-order chi connectivity index (χ1) is 9.99. The summed E-state index contributed by atoms with van der Waals surface area (Å²) in [6.45, 7) is 0. The molecule has 0 aromatic heterocycles. The van der Waals surface area contributed by atoms with Crippen molar-refractivity contribution in [1.29, 1.82) is 0 Å². The van der Waals surface area contributed by atoms with E-state index in [9.17, 15) is 0 Å². The van der Waals surface area contributed by atoms with Gasteiger partial charge in [0.1, 0.15) is 0 Å². The second-order valence-corrected chi connectivity index (χ2v) is 14.0. The molecule has 0 heterocycles. The summed E-state index contributed by atoms with van der Waals surface area (Å²) in [7, 11) is 13.1. The van der Waals surface area contributed by atoms with Gasteiger partial charge < -0.3 is 0 Å². The maximum absolute atomic E-state index is 6.53. The van der Waals surface area contributed by atoms with Gasteiger partial charge in [0.25, 0.3) is 0 Å². The third-order valence-corrected chi connectivity index (χ3v) is 9.14. The van der Waals surface area contributed by atoms with Crippen LogP contribution in [-0.2, 0) is 14.9 Å². The van der Waals surface area contributed by atoms with E-state index in [4.69, 9.17) is 45.1 Å². The summed E-state index contributed by atoms with van der Waals surface area (Å²) in [5, 5.41) is 2.67. The first-order valence-corrected chi connectivity index (χ1v) is 12.9. The van der Waals surface area contributed by atoms with Crippen LogP contribution in [0.5, 0.6) is 5.75 Å². The zero-order chi connectivity index (χ0) is 15.0. The van der Waals surface area contributed by atoms with Crippen molar-refractivity contribution in [3.05, 3.63) is 64.7 Å². The van der Waals surface area contributed by atoms with Gasteiger partial charge in [0, 0.05) is 0 Å². The van der Waals surface area contributed by atoms with Gasteiger partial charge in [-0.3, -0.25) is 0 Å². The Morgan fingerprint density at radius 2 is 1.52 bits per heavy atom. The molecule has 2 aromatic rings. The van der Waals surface area contributed by atoms with Crippen molar-refractivity contribution in [2.75, 3.05) is 0 Å². The first kappa shape index (κ1) is 15.7. The summed E-state index contributed by atoms with van der Waals surface area (Å²) < 4.78 is 5.95. The molecule has 3 rings (SSSR count). The van der Waals surface area contributed by atoms with Crippen LogP contribution in [0, 0.1) is 0 Å². The molecule has 0 unspecified atom stereocenters. The van der Waals surface area contributed by atoms with Crippen LogP contribution in [0.25, 0.3) is 10.8 Å². The quantitative estimate of drug-likeness (QED) is 0.518. The van der Waals surface area contributed by atoms with Crippen molar-refractivity contribution in [3.8, 4) is 5.75 Å². The molecule has 0 spiro atoms. The molecule has 0 bridgehead atoms. The Labute approximate surface area is 144 Å². The van der Waals surface area contributed by atoms with E-state index in [-0.39, 0.29) is 4.22 Å². The van der Waals surface area contributed by atoms with Gasteiger partial charge in [-0.2, -0.15) is 0 Å². The molecule has 0 amide bonds. The van der Waals surface area contributed by atoms with Gasteiger partial charge >= 0.3 is 145 Å². The van der Waals surface area contributed by atoms with E-state index in [1.54, 1.807) is 6.07 Å². The van der Waals surface area contributed by atoms with E-state index < -0.39 is 14.9 Å². The molecule has 21 heavy (non-hydrogen) atoms. The average molecular weight is 396 g/mol. The van der Waals surface area contributed by atoms with Gasteiger partial charge in [-0.05, 0) is 0 Å². The van der Waals surface area contributed by atoms with Crippen LogP contribution in [-0.4, -0.2) is 0 Å². The Morgan fingerprint density at radius 1 is 0.905 bits per heavy atom. The van der Waals surface area contributed by atoms with Crippen LogP contribution in [0.2, 0.25) is 14.3 Å². The molecule has 6 heteroatoms. The number of fused-ring (bicyclic) bond motifs is 1. The Balaban J connectivity index is 2.08. The van der Waals surface area contributed by atoms with Gasteiger partial charge in [0.05, 0.1) is 0 Å². The molecule has 0 fully saturated rings. The second-order valence-electron chi connectivity index (χ2n) is 4.67. The molecular formula is C15H10Cl4OTi. The van der Waals surface area contributed by atoms with Crippen LogP contribution in [0.4, 0.5) is 0 Å². The molecule has 1 aliphatic rings. The molecule has 1 aliphatic carbocycles. The van der Waals surface area contributed by atoms with Crippen LogP contribution >= 0.6 is 41.8 Å². The molecule has 2 aromatic carbocycles. The molecule has 0 N–H and O–H groups in total. The third kappa shape index (κ3) is 3.15. The van der Waals surface area contributed by atoms with E-state index in [1.807, 2.05) is 48.6 Å². The fraction of sp³-hybridized carbons (Fsp3) is 0.0667. The van der Waals surface area contributed by atoms with Crippen molar-refractivity contribution in [1.82, 2.24) is 0 Å². The van der Waals surface area contributed by atoms with E-state index in [1.165, 1.54) is 0 Å². The minimum absolute atomic E-state index is 0.0566. The van der Waals surface area contributed by atoms with Crippen molar-refractivity contribution in [2.24, 2.45) is 0 Å². The maximum atomic E-state index is 6.53. The summed E-state index contributed by atoms with van der Waals surface area (Å²) in [5.74, 6) is 0.510. The number of hydrogen-bond acceptors (Lipinski definition) is 1. The van der Waals surface area contributed by atoms with Crippen LogP contribution in [0.1, 0.15) is 0 Å². The molecule has 0 atom stereocenters. The number of benzene rings is 2. The SMILES string of the molecule is Clc1cc(Cl)c2ccccc2c1[O][Ti]([Cl])([Cl])[CH]1C=CC=C1. The molecule has 108 valence electrons. The van der Waals surface area contributed by atoms with Gasteiger partial charge in [-0.25, -0.2) is 0 Å². The van der Waals surface area contributed by atoms with Crippen molar-refractivity contribution < 1.29 is 18.2 Å². The van der Waals surface area contributed by atoms with Crippen LogP contribution in [0.3, 0.4) is 0 Å². The van der Waals surface area contributed by atoms with E-state index in [0.29, 0.717) is 15.8 Å². The number of hydrogen-bond donors (Lipinski definition) is 0. The summed E-state index contributed by atoms with van der Waals surface area (Å²) in [6.07, 6.45) is 7.73. The average Bonchev–Trinajstić information content (AvgIpc) is 2.98. The number of allylic oxidation sites excluding steroid dienone is 4. The van der Waals surface area contributed by atoms with Gasteiger partial charge in [-0.15, -0.1) is 0 Å². The standard InChI is InChI=1S/C10H6Cl2O.C5H5.2ClH.Ti/c11-8-5-9(12)10(13)7-4-2-1-3-6(7)8;1-2-4-5-3-1;;;/h1-5,13H;1-5H;2*1H;/q;;;;+3/p-3. The summed E-state index contributed by atoms with van der Waals surface area (Å²) >= 11 is 8.92. The number of halogens is 4. The molecule has 0 radical (unpaired) electrons. The normalized spacial score (nSPS) is 15.0. The van der Waals surface area contributed by atoms with E-state index >= 15 is 0 Å². The third-order valence-electron chi connectivity index (χ3n) is 3.27. The van der Waals surface area contributed by atoms with Crippen molar-refractivity contribution >= 4 is 52.6 Å². The fourth-order valence-corrected chi connectivity index (χ4v) is 6.78. The van der Waals surface area contributed by atoms with E-state index in [2.05, 4.69) is 0 Å². The van der Waals surface area contributed by atoms with Gasteiger partial charge in [0.15, 0.2) is 0 Å². The van der Waals surface area contributed by atoms with Crippen LogP contribution in [0.15, 0.2) is 54.6 Å². The Hall–Kier alpha value is -0.146. The first-order valence-electron chi connectivity index (χ1n) is 6.27. The summed E-state index contributed by atoms with van der Waals surface area (Å²) in [6, 6.07) is 9.27. The molecule has 1 nitrogen and oxygen atoms in total. The monoisotopic (exact) mass is 394 g/mol. The number of rotatable bonds is 3. The Morgan fingerprint density at radius 3 is 2.19 bits per heavy atom. The molecule has 0 aliphatic heterocycles.